The van der Waals surface area contributed by atoms with Gasteiger partial charge in [-0.05, 0) is 25.0 Å². The molecule has 1 aromatic carbocycles. The Balaban J connectivity index is 2.28. The summed E-state index contributed by atoms with van der Waals surface area (Å²) in [6, 6.07) is 8.57. The third kappa shape index (κ3) is 7.21. The lowest BCUT2D eigenvalue weighted by Crippen LogP contribution is -2.41. The number of hydrogen-bond donors (Lipinski definition) is 3. The van der Waals surface area contributed by atoms with Gasteiger partial charge in [0.25, 0.3) is 11.8 Å². The molecule has 0 fully saturated rings. The SMILES string of the molecule is CCC(CC)=NNC(=O)CNC(=O)CNC(=O)c1ccccc1. The molecule has 0 unspecified atom stereocenters. The van der Waals surface area contributed by atoms with E-state index in [1.165, 1.54) is 0 Å². The van der Waals surface area contributed by atoms with Crippen molar-refractivity contribution < 1.29 is 14.4 Å². The van der Waals surface area contributed by atoms with Gasteiger partial charge in [-0.1, -0.05) is 32.0 Å². The zero-order chi connectivity index (χ0) is 17.1. The Morgan fingerprint density at radius 3 is 2.13 bits per heavy atom. The average molecular weight is 318 g/mol. The van der Waals surface area contributed by atoms with Crippen LogP contribution in [0.2, 0.25) is 0 Å². The Bertz CT molecular complexity index is 564. The number of nitrogens with one attached hydrogen (secondary N) is 3. The van der Waals surface area contributed by atoms with Gasteiger partial charge in [0.05, 0.1) is 13.1 Å². The molecule has 0 aromatic heterocycles. The lowest BCUT2D eigenvalue weighted by atomic mass is 10.2. The first-order chi connectivity index (χ1) is 11.1. The molecule has 1 rings (SSSR count). The maximum atomic E-state index is 11.7. The van der Waals surface area contributed by atoms with Crippen molar-refractivity contribution in [2.24, 2.45) is 5.10 Å². The van der Waals surface area contributed by atoms with E-state index in [2.05, 4.69) is 21.2 Å². The Morgan fingerprint density at radius 2 is 1.52 bits per heavy atom. The van der Waals surface area contributed by atoms with Crippen LogP contribution in [-0.2, 0) is 9.59 Å². The van der Waals surface area contributed by atoms with Gasteiger partial charge in [0.2, 0.25) is 5.91 Å². The first-order valence-corrected chi connectivity index (χ1v) is 7.51. The molecule has 0 radical (unpaired) electrons. The molecular formula is C16H22N4O3. The van der Waals surface area contributed by atoms with Gasteiger partial charge in [-0.2, -0.15) is 5.10 Å². The topological polar surface area (TPSA) is 99.7 Å². The van der Waals surface area contributed by atoms with E-state index in [1.54, 1.807) is 30.3 Å². The van der Waals surface area contributed by atoms with Gasteiger partial charge in [0.15, 0.2) is 0 Å². The zero-order valence-corrected chi connectivity index (χ0v) is 13.4. The van der Waals surface area contributed by atoms with E-state index in [9.17, 15) is 14.4 Å². The highest BCUT2D eigenvalue weighted by Crippen LogP contribution is 1.97. The van der Waals surface area contributed by atoms with Crippen molar-refractivity contribution in [3.63, 3.8) is 0 Å². The largest absolute Gasteiger partial charge is 0.345 e. The highest BCUT2D eigenvalue weighted by Gasteiger charge is 2.08. The predicted octanol–water partition coefficient (Wildman–Crippen LogP) is 0.825. The Hall–Kier alpha value is -2.70. The van der Waals surface area contributed by atoms with E-state index in [1.807, 2.05) is 13.8 Å². The second-order valence-corrected chi connectivity index (χ2v) is 4.75. The molecule has 1 aromatic rings. The standard InChI is InChI=1S/C16H22N4O3/c1-3-13(4-2)19-20-15(22)11-17-14(21)10-18-16(23)12-8-6-5-7-9-12/h5-9H,3-4,10-11H2,1-2H3,(H,17,21)(H,18,23)(H,20,22). The van der Waals surface area contributed by atoms with Crippen molar-refractivity contribution in [2.45, 2.75) is 26.7 Å². The van der Waals surface area contributed by atoms with Crippen LogP contribution < -0.4 is 16.1 Å². The van der Waals surface area contributed by atoms with E-state index < -0.39 is 11.8 Å². The summed E-state index contributed by atoms with van der Waals surface area (Å²) in [6.07, 6.45) is 1.52. The van der Waals surface area contributed by atoms with Gasteiger partial charge in [-0.15, -0.1) is 0 Å². The summed E-state index contributed by atoms with van der Waals surface area (Å²) in [5.74, 6) is -1.20. The molecule has 7 heteroatoms. The van der Waals surface area contributed by atoms with Crippen LogP contribution in [0.25, 0.3) is 0 Å². The van der Waals surface area contributed by atoms with Crippen molar-refractivity contribution in [1.29, 1.82) is 0 Å². The molecular weight excluding hydrogens is 296 g/mol. The van der Waals surface area contributed by atoms with Crippen LogP contribution in [0.3, 0.4) is 0 Å². The van der Waals surface area contributed by atoms with Crippen LogP contribution >= 0.6 is 0 Å². The van der Waals surface area contributed by atoms with Crippen LogP contribution in [0, 0.1) is 0 Å². The molecule has 0 aliphatic carbocycles. The summed E-state index contributed by atoms with van der Waals surface area (Å²) in [5.41, 5.74) is 3.72. The molecule has 0 aliphatic heterocycles. The highest BCUT2D eigenvalue weighted by atomic mass is 16.2. The van der Waals surface area contributed by atoms with Crippen molar-refractivity contribution in [2.75, 3.05) is 13.1 Å². The molecule has 0 saturated heterocycles. The fourth-order valence-corrected chi connectivity index (χ4v) is 1.68. The molecule has 0 saturated carbocycles. The number of hydrogen-bond acceptors (Lipinski definition) is 4. The van der Waals surface area contributed by atoms with Crippen molar-refractivity contribution in [3.05, 3.63) is 35.9 Å². The molecule has 0 aliphatic rings. The van der Waals surface area contributed by atoms with Gasteiger partial charge in [0.1, 0.15) is 0 Å². The zero-order valence-electron chi connectivity index (χ0n) is 13.4. The first-order valence-electron chi connectivity index (χ1n) is 7.51. The Morgan fingerprint density at radius 1 is 0.913 bits per heavy atom. The fourth-order valence-electron chi connectivity index (χ4n) is 1.68. The molecule has 0 heterocycles. The molecule has 3 amide bonds. The van der Waals surface area contributed by atoms with E-state index in [0.717, 1.165) is 18.6 Å². The van der Waals surface area contributed by atoms with Crippen molar-refractivity contribution in [1.82, 2.24) is 16.1 Å². The van der Waals surface area contributed by atoms with Crippen molar-refractivity contribution >= 4 is 23.4 Å². The van der Waals surface area contributed by atoms with Gasteiger partial charge < -0.3 is 10.6 Å². The van der Waals surface area contributed by atoms with Crippen LogP contribution in [0.5, 0.6) is 0 Å². The number of rotatable bonds is 8. The van der Waals surface area contributed by atoms with E-state index in [0.29, 0.717) is 5.56 Å². The van der Waals surface area contributed by atoms with Crippen LogP contribution in [0.15, 0.2) is 35.4 Å². The van der Waals surface area contributed by atoms with Gasteiger partial charge in [-0.25, -0.2) is 5.43 Å². The molecule has 0 bridgehead atoms. The molecule has 7 nitrogen and oxygen atoms in total. The number of benzene rings is 1. The van der Waals surface area contributed by atoms with E-state index in [4.69, 9.17) is 0 Å². The van der Waals surface area contributed by atoms with Gasteiger partial charge >= 0.3 is 0 Å². The highest BCUT2D eigenvalue weighted by molar-refractivity contribution is 5.96. The third-order valence-electron chi connectivity index (χ3n) is 3.05. The molecule has 3 N–H and O–H groups in total. The maximum Gasteiger partial charge on any atom is 0.259 e. The molecule has 0 spiro atoms. The lowest BCUT2D eigenvalue weighted by Gasteiger charge is -2.07. The van der Waals surface area contributed by atoms with Gasteiger partial charge in [-0.3, -0.25) is 14.4 Å². The number of carbonyl (C=O) groups is 3. The normalized spacial score (nSPS) is 9.65. The monoisotopic (exact) mass is 318 g/mol. The summed E-state index contributed by atoms with van der Waals surface area (Å²) in [5, 5.41) is 8.84. The quantitative estimate of drug-likeness (QED) is 0.489. The number of hydrazone groups is 1. The first kappa shape index (κ1) is 18.3. The average Bonchev–Trinajstić information content (AvgIpc) is 2.59. The predicted molar refractivity (Wildman–Crippen MR) is 87.9 cm³/mol. The van der Waals surface area contributed by atoms with E-state index in [-0.39, 0.29) is 19.0 Å². The summed E-state index contributed by atoms with van der Waals surface area (Å²) in [4.78, 5) is 34.9. The minimum atomic E-state index is -0.445. The second kappa shape index (κ2) is 10.1. The Kier molecular flexibility index (Phi) is 8.06. The minimum Gasteiger partial charge on any atom is -0.345 e. The Labute approximate surface area is 135 Å². The molecule has 124 valence electrons. The second-order valence-electron chi connectivity index (χ2n) is 4.75. The fraction of sp³-hybridized carbons (Fsp3) is 0.375. The number of nitrogens with zero attached hydrogens (tertiary/aromatic N) is 1. The molecule has 0 atom stereocenters. The third-order valence-corrected chi connectivity index (χ3v) is 3.05. The van der Waals surface area contributed by atoms with Crippen molar-refractivity contribution in [3.8, 4) is 0 Å². The summed E-state index contributed by atoms with van der Waals surface area (Å²) in [7, 11) is 0. The summed E-state index contributed by atoms with van der Waals surface area (Å²) >= 11 is 0. The molecule has 23 heavy (non-hydrogen) atoms. The van der Waals surface area contributed by atoms with Gasteiger partial charge in [0, 0.05) is 11.3 Å². The van der Waals surface area contributed by atoms with Crippen LogP contribution in [-0.4, -0.2) is 36.5 Å². The lowest BCUT2D eigenvalue weighted by molar-refractivity contribution is -0.125. The van der Waals surface area contributed by atoms with Crippen LogP contribution in [0.4, 0.5) is 0 Å². The maximum absolute atomic E-state index is 11.7. The van der Waals surface area contributed by atoms with E-state index >= 15 is 0 Å². The number of carbonyl (C=O) groups excluding carboxylic acids is 3. The number of amides is 3. The van der Waals surface area contributed by atoms with Crippen LogP contribution in [0.1, 0.15) is 37.0 Å². The summed E-state index contributed by atoms with van der Waals surface area (Å²) < 4.78 is 0. The summed E-state index contributed by atoms with van der Waals surface area (Å²) in [6.45, 7) is 3.51. The minimum absolute atomic E-state index is 0.190. The smallest absolute Gasteiger partial charge is 0.259 e.